The van der Waals surface area contributed by atoms with E-state index in [1.165, 1.54) is 32.2 Å². The second-order valence-corrected chi connectivity index (χ2v) is 4.33. The minimum Gasteiger partial charge on any atom is -0.395 e. The number of aliphatic hydroxyl groups excluding tert-OH is 1. The van der Waals surface area contributed by atoms with E-state index in [4.69, 9.17) is 10.8 Å². The van der Waals surface area contributed by atoms with Gasteiger partial charge in [0.15, 0.2) is 0 Å². The third-order valence-corrected chi connectivity index (χ3v) is 3.24. The zero-order chi connectivity index (χ0) is 10.4. The number of hydrogen-bond donors (Lipinski definition) is 2. The summed E-state index contributed by atoms with van der Waals surface area (Å²) in [7, 11) is 0. The third-order valence-electron chi connectivity index (χ3n) is 3.24. The maximum absolute atomic E-state index is 8.84. The van der Waals surface area contributed by atoms with Crippen molar-refractivity contribution in [2.24, 2.45) is 5.73 Å². The summed E-state index contributed by atoms with van der Waals surface area (Å²) in [5.74, 6) is 0. The molecule has 2 unspecified atom stereocenters. The van der Waals surface area contributed by atoms with Gasteiger partial charge in [-0.15, -0.1) is 0 Å². The first-order valence-electron chi connectivity index (χ1n) is 5.88. The molecular formula is C11H24N2O. The molecule has 0 aromatic carbocycles. The molecule has 0 bridgehead atoms. The molecule has 3 nitrogen and oxygen atoms in total. The zero-order valence-electron chi connectivity index (χ0n) is 9.28. The Bertz CT molecular complexity index is 152. The molecule has 14 heavy (non-hydrogen) atoms. The number of nitrogens with two attached hydrogens (primary N) is 1. The van der Waals surface area contributed by atoms with Gasteiger partial charge in [-0.05, 0) is 38.8 Å². The van der Waals surface area contributed by atoms with Crippen LogP contribution in [0.15, 0.2) is 0 Å². The van der Waals surface area contributed by atoms with Gasteiger partial charge in [0.1, 0.15) is 0 Å². The number of hydrogen-bond acceptors (Lipinski definition) is 3. The van der Waals surface area contributed by atoms with Crippen molar-refractivity contribution in [1.29, 1.82) is 0 Å². The van der Waals surface area contributed by atoms with E-state index in [2.05, 4.69) is 11.8 Å². The molecule has 1 fully saturated rings. The molecule has 0 aromatic heterocycles. The van der Waals surface area contributed by atoms with Crippen LogP contribution < -0.4 is 5.73 Å². The van der Waals surface area contributed by atoms with Crippen molar-refractivity contribution in [1.82, 2.24) is 4.90 Å². The molecule has 1 aliphatic rings. The van der Waals surface area contributed by atoms with E-state index in [9.17, 15) is 0 Å². The van der Waals surface area contributed by atoms with Gasteiger partial charge < -0.3 is 15.7 Å². The summed E-state index contributed by atoms with van der Waals surface area (Å²) in [4.78, 5) is 2.54. The molecule has 2 atom stereocenters. The number of aliphatic hydroxyl groups is 1. The van der Waals surface area contributed by atoms with Crippen LogP contribution in [-0.4, -0.2) is 41.8 Å². The van der Waals surface area contributed by atoms with E-state index in [1.54, 1.807) is 0 Å². The second-order valence-electron chi connectivity index (χ2n) is 4.33. The molecule has 84 valence electrons. The number of likely N-dealkylation sites (tertiary alicyclic amines) is 1. The molecule has 3 heteroatoms. The normalized spacial score (nSPS) is 26.4. The van der Waals surface area contributed by atoms with E-state index in [-0.39, 0.29) is 12.6 Å². The smallest absolute Gasteiger partial charge is 0.0583 e. The van der Waals surface area contributed by atoms with E-state index < -0.39 is 0 Å². The SMILES string of the molecule is CCC1CCCCN1CCC(N)CO. The van der Waals surface area contributed by atoms with Crippen LogP contribution in [0.25, 0.3) is 0 Å². The summed E-state index contributed by atoms with van der Waals surface area (Å²) >= 11 is 0. The molecule has 0 radical (unpaired) electrons. The van der Waals surface area contributed by atoms with Gasteiger partial charge >= 0.3 is 0 Å². The highest BCUT2D eigenvalue weighted by Crippen LogP contribution is 2.19. The standard InChI is InChI=1S/C11H24N2O/c1-2-11-5-3-4-7-13(11)8-6-10(12)9-14/h10-11,14H,2-9,12H2,1H3. The Balaban J connectivity index is 2.26. The van der Waals surface area contributed by atoms with Crippen LogP contribution in [0, 0.1) is 0 Å². The Kier molecular flexibility index (Phi) is 5.45. The summed E-state index contributed by atoms with van der Waals surface area (Å²) in [5, 5.41) is 8.84. The fraction of sp³-hybridized carbons (Fsp3) is 1.00. The first-order chi connectivity index (χ1) is 6.77. The van der Waals surface area contributed by atoms with Gasteiger partial charge in [0.2, 0.25) is 0 Å². The Morgan fingerprint density at radius 2 is 2.29 bits per heavy atom. The zero-order valence-corrected chi connectivity index (χ0v) is 9.28. The van der Waals surface area contributed by atoms with Crippen molar-refractivity contribution >= 4 is 0 Å². The number of nitrogens with zero attached hydrogens (tertiary/aromatic N) is 1. The van der Waals surface area contributed by atoms with Gasteiger partial charge in [-0.1, -0.05) is 13.3 Å². The predicted octanol–water partition coefficient (Wildman–Crippen LogP) is 0.961. The highest BCUT2D eigenvalue weighted by Gasteiger charge is 2.20. The van der Waals surface area contributed by atoms with Gasteiger partial charge in [0.05, 0.1) is 6.61 Å². The average Bonchev–Trinajstić information content (AvgIpc) is 2.26. The molecule has 0 aliphatic carbocycles. The molecule has 0 amide bonds. The predicted molar refractivity (Wildman–Crippen MR) is 59.2 cm³/mol. The quantitative estimate of drug-likeness (QED) is 0.695. The molecule has 0 spiro atoms. The highest BCUT2D eigenvalue weighted by atomic mass is 16.3. The molecule has 0 aromatic rings. The molecule has 1 rings (SSSR count). The fourth-order valence-electron chi connectivity index (χ4n) is 2.24. The van der Waals surface area contributed by atoms with E-state index >= 15 is 0 Å². The maximum Gasteiger partial charge on any atom is 0.0583 e. The summed E-state index contributed by atoms with van der Waals surface area (Å²) in [5.41, 5.74) is 5.70. The molecule has 1 saturated heterocycles. The Hall–Kier alpha value is -0.120. The van der Waals surface area contributed by atoms with Crippen LogP contribution in [0.1, 0.15) is 39.0 Å². The lowest BCUT2D eigenvalue weighted by molar-refractivity contribution is 0.134. The lowest BCUT2D eigenvalue weighted by Crippen LogP contribution is -2.41. The summed E-state index contributed by atoms with van der Waals surface area (Å²) in [6, 6.07) is 0.726. The summed E-state index contributed by atoms with van der Waals surface area (Å²) in [6.07, 6.45) is 6.21. The summed E-state index contributed by atoms with van der Waals surface area (Å²) < 4.78 is 0. The minimum absolute atomic E-state index is 0.0329. The van der Waals surface area contributed by atoms with Crippen molar-refractivity contribution in [3.63, 3.8) is 0 Å². The van der Waals surface area contributed by atoms with Gasteiger partial charge in [0, 0.05) is 12.1 Å². The first kappa shape index (κ1) is 12.0. The lowest BCUT2D eigenvalue weighted by atomic mass is 9.99. The molecule has 1 aliphatic heterocycles. The Morgan fingerprint density at radius 3 is 2.93 bits per heavy atom. The summed E-state index contributed by atoms with van der Waals surface area (Å²) in [6.45, 7) is 4.65. The van der Waals surface area contributed by atoms with Crippen LogP contribution >= 0.6 is 0 Å². The van der Waals surface area contributed by atoms with Crippen LogP contribution in [0.3, 0.4) is 0 Å². The van der Waals surface area contributed by atoms with Crippen molar-refractivity contribution in [2.75, 3.05) is 19.7 Å². The van der Waals surface area contributed by atoms with Crippen molar-refractivity contribution in [3.8, 4) is 0 Å². The molecular weight excluding hydrogens is 176 g/mol. The largest absolute Gasteiger partial charge is 0.395 e. The fourth-order valence-corrected chi connectivity index (χ4v) is 2.24. The molecule has 1 heterocycles. The van der Waals surface area contributed by atoms with Gasteiger partial charge in [-0.2, -0.15) is 0 Å². The highest BCUT2D eigenvalue weighted by molar-refractivity contribution is 4.76. The third kappa shape index (κ3) is 3.56. The van der Waals surface area contributed by atoms with Crippen LogP contribution in [0.4, 0.5) is 0 Å². The van der Waals surface area contributed by atoms with Crippen LogP contribution in [0.2, 0.25) is 0 Å². The lowest BCUT2D eigenvalue weighted by Gasteiger charge is -2.35. The van der Waals surface area contributed by atoms with E-state index in [0.717, 1.165) is 19.0 Å². The minimum atomic E-state index is -0.0329. The van der Waals surface area contributed by atoms with Crippen LogP contribution in [0.5, 0.6) is 0 Å². The van der Waals surface area contributed by atoms with Crippen molar-refractivity contribution in [3.05, 3.63) is 0 Å². The van der Waals surface area contributed by atoms with Gasteiger partial charge in [0.25, 0.3) is 0 Å². The van der Waals surface area contributed by atoms with Gasteiger partial charge in [-0.25, -0.2) is 0 Å². The monoisotopic (exact) mass is 200 g/mol. The average molecular weight is 200 g/mol. The number of rotatable bonds is 5. The number of piperidine rings is 1. The first-order valence-corrected chi connectivity index (χ1v) is 5.88. The second kappa shape index (κ2) is 6.38. The topological polar surface area (TPSA) is 49.5 Å². The Labute approximate surface area is 87.3 Å². The molecule has 0 saturated carbocycles. The van der Waals surface area contributed by atoms with E-state index in [0.29, 0.717) is 0 Å². The van der Waals surface area contributed by atoms with Gasteiger partial charge in [-0.3, -0.25) is 0 Å². The molecule has 3 N–H and O–H groups in total. The maximum atomic E-state index is 8.84. The Morgan fingerprint density at radius 1 is 1.50 bits per heavy atom. The van der Waals surface area contributed by atoms with Crippen molar-refractivity contribution in [2.45, 2.75) is 51.1 Å². The van der Waals surface area contributed by atoms with Crippen molar-refractivity contribution < 1.29 is 5.11 Å². The van der Waals surface area contributed by atoms with Crippen LogP contribution in [-0.2, 0) is 0 Å². The van der Waals surface area contributed by atoms with E-state index in [1.807, 2.05) is 0 Å².